The molecule has 2 atom stereocenters. The highest BCUT2D eigenvalue weighted by Gasteiger charge is 2.47. The molecule has 3 N–H and O–H groups in total. The lowest BCUT2D eigenvalue weighted by Gasteiger charge is -2.45. The van der Waals surface area contributed by atoms with Crippen LogP contribution in [0.15, 0.2) is 0 Å². The van der Waals surface area contributed by atoms with E-state index < -0.39 is 0 Å². The molecule has 2 unspecified atom stereocenters. The fourth-order valence-electron chi connectivity index (χ4n) is 3.40. The average molecular weight is 224 g/mol. The summed E-state index contributed by atoms with van der Waals surface area (Å²) in [5.41, 5.74) is 5.55. The molecule has 16 heavy (non-hydrogen) atoms. The number of nitrogens with two attached hydrogens (primary N) is 1. The Kier molecular flexibility index (Phi) is 3.24. The Bertz CT molecular complexity index is 271. The van der Waals surface area contributed by atoms with Gasteiger partial charge in [-0.05, 0) is 37.5 Å². The zero-order valence-electron chi connectivity index (χ0n) is 10.5. The maximum Gasteiger partial charge on any atom is 0.227 e. The van der Waals surface area contributed by atoms with Crippen molar-refractivity contribution < 1.29 is 4.79 Å². The van der Waals surface area contributed by atoms with Crippen molar-refractivity contribution >= 4 is 5.91 Å². The first-order chi connectivity index (χ1) is 7.57. The van der Waals surface area contributed by atoms with Gasteiger partial charge in [0.1, 0.15) is 0 Å². The van der Waals surface area contributed by atoms with Crippen LogP contribution < -0.4 is 11.1 Å². The summed E-state index contributed by atoms with van der Waals surface area (Å²) in [6.07, 6.45) is 5.57. The van der Waals surface area contributed by atoms with E-state index in [9.17, 15) is 4.79 Å². The van der Waals surface area contributed by atoms with Crippen molar-refractivity contribution in [2.24, 2.45) is 23.0 Å². The molecule has 0 spiro atoms. The molecule has 1 amide bonds. The molecule has 92 valence electrons. The van der Waals surface area contributed by atoms with Crippen LogP contribution in [0.1, 0.15) is 46.0 Å². The number of hydrogen-bond acceptors (Lipinski definition) is 2. The number of carbonyl (C=O) groups is 1. The molecule has 0 aromatic rings. The maximum absolute atomic E-state index is 12.2. The minimum absolute atomic E-state index is 0.215. The molecule has 0 aromatic carbocycles. The zero-order valence-corrected chi connectivity index (χ0v) is 10.5. The van der Waals surface area contributed by atoms with Gasteiger partial charge in [-0.15, -0.1) is 0 Å². The van der Waals surface area contributed by atoms with Gasteiger partial charge in [-0.2, -0.15) is 0 Å². The molecule has 0 aromatic heterocycles. The van der Waals surface area contributed by atoms with Gasteiger partial charge in [-0.25, -0.2) is 0 Å². The molecule has 2 fully saturated rings. The van der Waals surface area contributed by atoms with Crippen LogP contribution in [-0.2, 0) is 4.79 Å². The molecular weight excluding hydrogens is 200 g/mol. The van der Waals surface area contributed by atoms with Gasteiger partial charge >= 0.3 is 0 Å². The van der Waals surface area contributed by atoms with Crippen molar-refractivity contribution in [3.63, 3.8) is 0 Å². The molecule has 0 saturated heterocycles. The first kappa shape index (κ1) is 11.9. The highest BCUT2D eigenvalue weighted by Crippen LogP contribution is 2.45. The molecule has 0 heterocycles. The Morgan fingerprint density at radius 2 is 2.06 bits per heavy atom. The highest BCUT2D eigenvalue weighted by atomic mass is 16.2. The summed E-state index contributed by atoms with van der Waals surface area (Å²) >= 11 is 0. The van der Waals surface area contributed by atoms with Crippen molar-refractivity contribution in [1.29, 1.82) is 0 Å². The summed E-state index contributed by atoms with van der Waals surface area (Å²) in [6, 6.07) is 0.395. The highest BCUT2D eigenvalue weighted by molar-refractivity contribution is 5.84. The quantitative estimate of drug-likeness (QED) is 0.766. The van der Waals surface area contributed by atoms with Gasteiger partial charge in [-0.3, -0.25) is 4.79 Å². The predicted octanol–water partition coefficient (Wildman–Crippen LogP) is 1.67. The standard InChI is InChI=1S/C13H24N2O/c1-9-6-13(7-9,8-14)12(16)15-11-5-3-4-10(11)2/h9-11H,3-8,14H2,1-2H3,(H,15,16). The zero-order chi connectivity index (χ0) is 11.8. The SMILES string of the molecule is CC1CC(CN)(C(=O)NC2CCCC2C)C1. The van der Waals surface area contributed by atoms with Gasteiger partial charge in [-0.1, -0.05) is 20.3 Å². The minimum Gasteiger partial charge on any atom is -0.353 e. The van der Waals surface area contributed by atoms with E-state index in [1.165, 1.54) is 12.8 Å². The predicted molar refractivity (Wildman–Crippen MR) is 64.8 cm³/mol. The first-order valence-electron chi connectivity index (χ1n) is 6.58. The first-order valence-corrected chi connectivity index (χ1v) is 6.58. The lowest BCUT2D eigenvalue weighted by Crippen LogP contribution is -2.55. The fourth-order valence-corrected chi connectivity index (χ4v) is 3.40. The molecule has 2 rings (SSSR count). The molecule has 2 aliphatic carbocycles. The van der Waals surface area contributed by atoms with Crippen LogP contribution in [0.4, 0.5) is 0 Å². The Morgan fingerprint density at radius 3 is 2.50 bits per heavy atom. The van der Waals surface area contributed by atoms with Crippen LogP contribution in [0.25, 0.3) is 0 Å². The number of nitrogens with one attached hydrogen (secondary N) is 1. The van der Waals surface area contributed by atoms with Crippen molar-refractivity contribution in [2.75, 3.05) is 6.54 Å². The summed E-state index contributed by atoms with van der Waals surface area (Å²) in [6.45, 7) is 4.93. The molecular formula is C13H24N2O. The van der Waals surface area contributed by atoms with Crippen LogP contribution in [0, 0.1) is 17.3 Å². The largest absolute Gasteiger partial charge is 0.353 e. The summed E-state index contributed by atoms with van der Waals surface area (Å²) in [5, 5.41) is 3.22. The second-order valence-electron chi connectivity index (χ2n) is 5.99. The Hall–Kier alpha value is -0.570. The van der Waals surface area contributed by atoms with Gasteiger partial charge in [0, 0.05) is 12.6 Å². The summed E-state index contributed by atoms with van der Waals surface area (Å²) in [5.74, 6) is 1.51. The van der Waals surface area contributed by atoms with E-state index in [2.05, 4.69) is 19.2 Å². The van der Waals surface area contributed by atoms with Crippen LogP contribution in [0.5, 0.6) is 0 Å². The Labute approximate surface area is 98.2 Å². The third kappa shape index (κ3) is 1.97. The van der Waals surface area contributed by atoms with Gasteiger partial charge in [0.05, 0.1) is 5.41 Å². The van der Waals surface area contributed by atoms with E-state index in [4.69, 9.17) is 5.73 Å². The van der Waals surface area contributed by atoms with E-state index in [1.807, 2.05) is 0 Å². The van der Waals surface area contributed by atoms with E-state index in [0.717, 1.165) is 19.3 Å². The number of carbonyl (C=O) groups excluding carboxylic acids is 1. The van der Waals surface area contributed by atoms with E-state index in [0.29, 0.717) is 24.4 Å². The summed E-state index contributed by atoms with van der Waals surface area (Å²) < 4.78 is 0. The lowest BCUT2D eigenvalue weighted by molar-refractivity contribution is -0.139. The second-order valence-corrected chi connectivity index (χ2v) is 5.99. The van der Waals surface area contributed by atoms with Gasteiger partial charge in [0.25, 0.3) is 0 Å². The summed E-state index contributed by atoms with van der Waals surface area (Å²) in [7, 11) is 0. The number of rotatable bonds is 3. The maximum atomic E-state index is 12.2. The molecule has 0 bridgehead atoms. The Balaban J connectivity index is 1.92. The number of amides is 1. The van der Waals surface area contributed by atoms with E-state index in [1.54, 1.807) is 0 Å². The van der Waals surface area contributed by atoms with Gasteiger partial charge in [0.2, 0.25) is 5.91 Å². The monoisotopic (exact) mass is 224 g/mol. The lowest BCUT2D eigenvalue weighted by atomic mass is 9.62. The minimum atomic E-state index is -0.234. The van der Waals surface area contributed by atoms with Gasteiger partial charge in [0.15, 0.2) is 0 Å². The molecule has 0 radical (unpaired) electrons. The third-order valence-electron chi connectivity index (χ3n) is 4.53. The average Bonchev–Trinajstić information content (AvgIpc) is 2.59. The molecule has 0 aliphatic heterocycles. The van der Waals surface area contributed by atoms with Crippen LogP contribution in [0.3, 0.4) is 0 Å². The van der Waals surface area contributed by atoms with Crippen molar-refractivity contribution in [1.82, 2.24) is 5.32 Å². The second kappa shape index (κ2) is 4.36. The topological polar surface area (TPSA) is 55.1 Å². The van der Waals surface area contributed by atoms with E-state index in [-0.39, 0.29) is 11.3 Å². The molecule has 3 heteroatoms. The molecule has 2 aliphatic rings. The van der Waals surface area contributed by atoms with Crippen LogP contribution in [0.2, 0.25) is 0 Å². The Morgan fingerprint density at radius 1 is 1.38 bits per heavy atom. The molecule has 3 nitrogen and oxygen atoms in total. The summed E-state index contributed by atoms with van der Waals surface area (Å²) in [4.78, 5) is 12.2. The third-order valence-corrected chi connectivity index (χ3v) is 4.53. The van der Waals surface area contributed by atoms with Crippen LogP contribution in [-0.4, -0.2) is 18.5 Å². The van der Waals surface area contributed by atoms with Crippen molar-refractivity contribution in [3.05, 3.63) is 0 Å². The molecule has 2 saturated carbocycles. The van der Waals surface area contributed by atoms with Crippen molar-refractivity contribution in [2.45, 2.75) is 52.0 Å². The normalized spacial score (nSPS) is 42.8. The fraction of sp³-hybridized carbons (Fsp3) is 0.923. The van der Waals surface area contributed by atoms with Gasteiger partial charge < -0.3 is 11.1 Å². The smallest absolute Gasteiger partial charge is 0.227 e. The van der Waals surface area contributed by atoms with Crippen molar-refractivity contribution in [3.8, 4) is 0 Å². The van der Waals surface area contributed by atoms with E-state index >= 15 is 0 Å². The van der Waals surface area contributed by atoms with Crippen LogP contribution >= 0.6 is 0 Å². The number of hydrogen-bond donors (Lipinski definition) is 2.